The molecule has 0 radical (unpaired) electrons. The van der Waals surface area contributed by atoms with Crippen molar-refractivity contribution in [1.29, 1.82) is 0 Å². The lowest BCUT2D eigenvalue weighted by atomic mass is 10.1. The van der Waals surface area contributed by atoms with Crippen LogP contribution in [0.2, 0.25) is 0 Å². The molecule has 0 saturated carbocycles. The van der Waals surface area contributed by atoms with Gasteiger partial charge in [-0.05, 0) is 41.5 Å². The number of nitrogens with one attached hydrogen (secondary N) is 1. The van der Waals surface area contributed by atoms with Gasteiger partial charge in [0.1, 0.15) is 18.2 Å². The Hall–Kier alpha value is -3.48. The number of hydrogen-bond donors (Lipinski definition) is 2. The van der Waals surface area contributed by atoms with Crippen molar-refractivity contribution in [1.82, 2.24) is 9.97 Å². The van der Waals surface area contributed by atoms with E-state index in [-0.39, 0.29) is 6.61 Å². The molecule has 2 aromatic heterocycles. The van der Waals surface area contributed by atoms with E-state index in [1.54, 1.807) is 12.3 Å². The summed E-state index contributed by atoms with van der Waals surface area (Å²) in [6.45, 7) is 0.166. The Morgan fingerprint density at radius 2 is 1.82 bits per heavy atom. The van der Waals surface area contributed by atoms with Gasteiger partial charge >= 0.3 is 6.18 Å². The van der Waals surface area contributed by atoms with Crippen LogP contribution in [-0.4, -0.2) is 9.97 Å². The first-order valence-corrected chi connectivity index (χ1v) is 8.53. The molecule has 0 fully saturated rings. The monoisotopic (exact) mass is 383 g/mol. The number of aromatic nitrogens is 2. The van der Waals surface area contributed by atoms with Gasteiger partial charge in [0, 0.05) is 23.3 Å². The van der Waals surface area contributed by atoms with Gasteiger partial charge in [-0.1, -0.05) is 24.3 Å². The van der Waals surface area contributed by atoms with Gasteiger partial charge in [0.25, 0.3) is 0 Å². The zero-order valence-electron chi connectivity index (χ0n) is 14.6. The molecular formula is C21H16F3N3O. The van der Waals surface area contributed by atoms with Crippen molar-refractivity contribution in [2.45, 2.75) is 12.8 Å². The van der Waals surface area contributed by atoms with Crippen LogP contribution in [0.3, 0.4) is 0 Å². The largest absolute Gasteiger partial charge is 0.489 e. The third-order valence-corrected chi connectivity index (χ3v) is 4.45. The first-order valence-electron chi connectivity index (χ1n) is 8.53. The van der Waals surface area contributed by atoms with Crippen molar-refractivity contribution >= 4 is 16.7 Å². The summed E-state index contributed by atoms with van der Waals surface area (Å²) in [7, 11) is 0. The van der Waals surface area contributed by atoms with E-state index in [2.05, 4.69) is 9.97 Å². The highest BCUT2D eigenvalue weighted by Gasteiger charge is 2.29. The van der Waals surface area contributed by atoms with Crippen molar-refractivity contribution in [2.75, 3.05) is 5.73 Å². The predicted octanol–water partition coefficient (Wildman–Crippen LogP) is 5.41. The van der Waals surface area contributed by atoms with Crippen LogP contribution in [0.15, 0.2) is 67.0 Å². The number of hydrogen-bond acceptors (Lipinski definition) is 3. The van der Waals surface area contributed by atoms with Crippen LogP contribution in [-0.2, 0) is 12.8 Å². The molecule has 0 spiro atoms. The van der Waals surface area contributed by atoms with Gasteiger partial charge in [-0.25, -0.2) is 4.98 Å². The minimum atomic E-state index is -4.34. The molecule has 3 N–H and O–H groups in total. The summed E-state index contributed by atoms with van der Waals surface area (Å²) < 4.78 is 43.7. The Morgan fingerprint density at radius 1 is 1.04 bits per heavy atom. The Bertz CT molecular complexity index is 1120. The molecule has 142 valence electrons. The molecule has 0 saturated heterocycles. The highest BCUT2D eigenvalue weighted by atomic mass is 19.4. The maximum absolute atomic E-state index is 12.6. The molecule has 0 aliphatic rings. The van der Waals surface area contributed by atoms with E-state index in [0.29, 0.717) is 17.1 Å². The van der Waals surface area contributed by atoms with Gasteiger partial charge in [-0.15, -0.1) is 0 Å². The number of pyridine rings is 1. The summed E-state index contributed by atoms with van der Waals surface area (Å²) in [6, 6.07) is 14.2. The Balaban J connectivity index is 1.54. The molecule has 0 aliphatic carbocycles. The molecule has 28 heavy (non-hydrogen) atoms. The highest BCUT2D eigenvalue weighted by molar-refractivity contribution is 6.01. The fourth-order valence-electron chi connectivity index (χ4n) is 3.04. The van der Waals surface area contributed by atoms with Crippen LogP contribution >= 0.6 is 0 Å². The number of aromatic amines is 1. The van der Waals surface area contributed by atoms with E-state index >= 15 is 0 Å². The van der Waals surface area contributed by atoms with Crippen molar-refractivity contribution in [2.24, 2.45) is 0 Å². The molecule has 0 unspecified atom stereocenters. The number of nitrogen functional groups attached to an aromatic ring is 1. The lowest BCUT2D eigenvalue weighted by Gasteiger charge is -2.10. The van der Waals surface area contributed by atoms with Crippen LogP contribution < -0.4 is 10.5 Å². The molecule has 0 bridgehead atoms. The number of nitrogens with zero attached hydrogens (tertiary/aromatic N) is 1. The fraction of sp³-hybridized carbons (Fsp3) is 0.0952. The van der Waals surface area contributed by atoms with Crippen LogP contribution in [0, 0.1) is 0 Å². The third-order valence-electron chi connectivity index (χ3n) is 4.45. The lowest BCUT2D eigenvalue weighted by molar-refractivity contribution is -0.137. The van der Waals surface area contributed by atoms with Crippen LogP contribution in [0.1, 0.15) is 11.1 Å². The van der Waals surface area contributed by atoms with Crippen molar-refractivity contribution in [3.63, 3.8) is 0 Å². The molecule has 2 aromatic carbocycles. The number of nitrogens with two attached hydrogens (primary N) is 1. The van der Waals surface area contributed by atoms with E-state index in [1.165, 1.54) is 12.1 Å². The molecule has 0 atom stereocenters. The van der Waals surface area contributed by atoms with Crippen LogP contribution in [0.25, 0.3) is 22.0 Å². The smallest absolute Gasteiger partial charge is 0.416 e. The Kier molecular flexibility index (Phi) is 4.43. The summed E-state index contributed by atoms with van der Waals surface area (Å²) in [6.07, 6.45) is -0.844. The zero-order valence-corrected chi connectivity index (χ0v) is 14.6. The minimum absolute atomic E-state index is 0.166. The second-order valence-electron chi connectivity index (χ2n) is 6.33. The van der Waals surface area contributed by atoms with E-state index < -0.39 is 11.7 Å². The maximum atomic E-state index is 12.6. The Labute approximate surface area is 158 Å². The summed E-state index contributed by atoms with van der Waals surface area (Å²) in [5.41, 5.74) is 8.68. The fourth-order valence-corrected chi connectivity index (χ4v) is 3.04. The number of halogens is 3. The molecule has 4 aromatic rings. The van der Waals surface area contributed by atoms with Gasteiger partial charge < -0.3 is 15.5 Å². The van der Waals surface area contributed by atoms with Crippen LogP contribution in [0.5, 0.6) is 5.75 Å². The first kappa shape index (κ1) is 17.9. The van der Waals surface area contributed by atoms with Gasteiger partial charge in [0.2, 0.25) is 0 Å². The van der Waals surface area contributed by atoms with Crippen molar-refractivity contribution < 1.29 is 17.9 Å². The van der Waals surface area contributed by atoms with E-state index in [9.17, 15) is 13.2 Å². The summed E-state index contributed by atoms with van der Waals surface area (Å²) in [5.74, 6) is 1.04. The summed E-state index contributed by atoms with van der Waals surface area (Å²) in [4.78, 5) is 7.30. The number of fused-ring (bicyclic) bond motifs is 1. The van der Waals surface area contributed by atoms with Gasteiger partial charge in [0.05, 0.1) is 11.1 Å². The first-order chi connectivity index (χ1) is 13.4. The number of rotatable bonds is 4. The number of ether oxygens (including phenoxy) is 1. The van der Waals surface area contributed by atoms with E-state index in [0.717, 1.165) is 34.2 Å². The second kappa shape index (κ2) is 6.92. The number of benzene rings is 2. The maximum Gasteiger partial charge on any atom is 0.416 e. The topological polar surface area (TPSA) is 63.9 Å². The summed E-state index contributed by atoms with van der Waals surface area (Å²) in [5, 5.41) is 0.836. The van der Waals surface area contributed by atoms with E-state index in [4.69, 9.17) is 10.5 Å². The van der Waals surface area contributed by atoms with Crippen molar-refractivity contribution in [3.8, 4) is 16.9 Å². The van der Waals surface area contributed by atoms with Crippen molar-refractivity contribution in [3.05, 3.63) is 78.1 Å². The van der Waals surface area contributed by atoms with Gasteiger partial charge in [-0.2, -0.15) is 13.2 Å². The lowest BCUT2D eigenvalue weighted by Crippen LogP contribution is -2.05. The Morgan fingerprint density at radius 3 is 2.57 bits per heavy atom. The predicted molar refractivity (Wildman–Crippen MR) is 102 cm³/mol. The van der Waals surface area contributed by atoms with E-state index in [1.807, 2.05) is 30.5 Å². The third kappa shape index (κ3) is 3.51. The SMILES string of the molecule is Nc1nccc2[nH]cc(-c3cccc(OCc4ccc(C(F)(F)F)cc4)c3)c12. The molecule has 4 rings (SSSR count). The molecular weight excluding hydrogens is 367 g/mol. The zero-order chi connectivity index (χ0) is 19.7. The number of H-pyrrole nitrogens is 1. The highest BCUT2D eigenvalue weighted by Crippen LogP contribution is 2.33. The number of alkyl halides is 3. The molecule has 0 amide bonds. The quantitative estimate of drug-likeness (QED) is 0.495. The average Bonchev–Trinajstić information content (AvgIpc) is 3.12. The average molecular weight is 383 g/mol. The van der Waals surface area contributed by atoms with Crippen LogP contribution in [0.4, 0.5) is 19.0 Å². The van der Waals surface area contributed by atoms with Gasteiger partial charge in [0.15, 0.2) is 0 Å². The number of anilines is 1. The standard InChI is InChI=1S/C21H16F3N3O/c22-21(23,24)15-6-4-13(5-7-15)12-28-16-3-1-2-14(10-16)17-11-27-18-8-9-26-20(25)19(17)18/h1-11,27H,12H2,(H2,25,26). The molecule has 0 aliphatic heterocycles. The minimum Gasteiger partial charge on any atom is -0.489 e. The normalized spacial score (nSPS) is 11.7. The molecule has 2 heterocycles. The molecule has 7 heteroatoms. The molecule has 4 nitrogen and oxygen atoms in total. The van der Waals surface area contributed by atoms with Gasteiger partial charge in [-0.3, -0.25) is 0 Å². The second-order valence-corrected chi connectivity index (χ2v) is 6.33. The summed E-state index contributed by atoms with van der Waals surface area (Å²) >= 11 is 0.